The van der Waals surface area contributed by atoms with Crippen LogP contribution in [-0.2, 0) is 12.4 Å². The first kappa shape index (κ1) is 18.8. The van der Waals surface area contributed by atoms with Gasteiger partial charge in [-0.2, -0.15) is 26.3 Å². The maximum atomic E-state index is 12.9. The van der Waals surface area contributed by atoms with Crippen LogP contribution in [-0.4, -0.2) is 5.91 Å². The van der Waals surface area contributed by atoms with Crippen molar-refractivity contribution in [2.75, 3.05) is 5.32 Å². The first-order valence-electron chi connectivity index (χ1n) is 7.64. The lowest BCUT2D eigenvalue weighted by atomic mass is 10.0. The molecule has 0 saturated carbocycles. The molecule has 0 unspecified atom stereocenters. The Morgan fingerprint density at radius 3 is 1.89 bits per heavy atom. The van der Waals surface area contributed by atoms with Gasteiger partial charge in [0, 0.05) is 16.6 Å². The lowest BCUT2D eigenvalue weighted by Crippen LogP contribution is -2.17. The SMILES string of the molecule is O=C(Nc1cccc2ccccc12)c1cc(C(F)(F)F)cc(C(F)(F)F)c1. The molecule has 2 nitrogen and oxygen atoms in total. The zero-order valence-electron chi connectivity index (χ0n) is 13.4. The van der Waals surface area contributed by atoms with Gasteiger partial charge in [-0.1, -0.05) is 36.4 Å². The molecule has 0 fully saturated rings. The van der Waals surface area contributed by atoms with E-state index in [4.69, 9.17) is 0 Å². The van der Waals surface area contributed by atoms with Crippen molar-refractivity contribution < 1.29 is 31.1 Å². The Labute approximate surface area is 149 Å². The van der Waals surface area contributed by atoms with Crippen molar-refractivity contribution in [2.24, 2.45) is 0 Å². The number of carbonyl (C=O) groups excluding carboxylic acids is 1. The molecule has 1 N–H and O–H groups in total. The molecule has 0 atom stereocenters. The second-order valence-corrected chi connectivity index (χ2v) is 5.78. The number of anilines is 1. The highest BCUT2D eigenvalue weighted by Gasteiger charge is 2.37. The number of nitrogens with one attached hydrogen (secondary N) is 1. The van der Waals surface area contributed by atoms with Gasteiger partial charge in [-0.25, -0.2) is 0 Å². The number of hydrogen-bond donors (Lipinski definition) is 1. The number of carbonyl (C=O) groups is 1. The molecule has 0 bridgehead atoms. The summed E-state index contributed by atoms with van der Waals surface area (Å²) < 4.78 is 77.6. The number of halogens is 6. The normalized spacial score (nSPS) is 12.2. The van der Waals surface area contributed by atoms with Gasteiger partial charge in [-0.15, -0.1) is 0 Å². The van der Waals surface area contributed by atoms with Crippen LogP contribution >= 0.6 is 0 Å². The van der Waals surface area contributed by atoms with Crippen LogP contribution in [0.15, 0.2) is 60.7 Å². The first-order valence-corrected chi connectivity index (χ1v) is 7.64. The monoisotopic (exact) mass is 383 g/mol. The van der Waals surface area contributed by atoms with E-state index in [1.807, 2.05) is 0 Å². The lowest BCUT2D eigenvalue weighted by molar-refractivity contribution is -0.143. The largest absolute Gasteiger partial charge is 0.416 e. The fraction of sp³-hybridized carbons (Fsp3) is 0.105. The van der Waals surface area contributed by atoms with Gasteiger partial charge in [-0.3, -0.25) is 4.79 Å². The molecule has 0 aromatic heterocycles. The van der Waals surface area contributed by atoms with Crippen LogP contribution < -0.4 is 5.32 Å². The molecule has 0 aliphatic heterocycles. The number of alkyl halides is 6. The minimum absolute atomic E-state index is 0.0192. The van der Waals surface area contributed by atoms with Gasteiger partial charge in [0.05, 0.1) is 11.1 Å². The van der Waals surface area contributed by atoms with E-state index in [9.17, 15) is 31.1 Å². The Balaban J connectivity index is 2.03. The van der Waals surface area contributed by atoms with Gasteiger partial charge < -0.3 is 5.32 Å². The minimum atomic E-state index is -5.02. The smallest absolute Gasteiger partial charge is 0.321 e. The Hall–Kier alpha value is -3.03. The third kappa shape index (κ3) is 4.05. The highest BCUT2D eigenvalue weighted by Crippen LogP contribution is 2.36. The summed E-state index contributed by atoms with van der Waals surface area (Å²) in [5.74, 6) is -1.07. The quantitative estimate of drug-likeness (QED) is 0.530. The van der Waals surface area contributed by atoms with Crippen molar-refractivity contribution in [3.63, 3.8) is 0 Å². The van der Waals surface area contributed by atoms with Crippen molar-refractivity contribution in [1.82, 2.24) is 0 Å². The summed E-state index contributed by atoms with van der Waals surface area (Å²) in [6.45, 7) is 0. The summed E-state index contributed by atoms with van der Waals surface area (Å²) in [6, 6.07) is 12.6. The predicted octanol–water partition coefficient (Wildman–Crippen LogP) is 6.13. The molecular weight excluding hydrogens is 372 g/mol. The van der Waals surface area contributed by atoms with Crippen molar-refractivity contribution in [3.05, 3.63) is 77.4 Å². The third-order valence-electron chi connectivity index (χ3n) is 3.89. The van der Waals surface area contributed by atoms with E-state index in [0.29, 0.717) is 17.5 Å². The molecule has 0 radical (unpaired) electrons. The molecule has 3 aromatic rings. The molecule has 140 valence electrons. The second-order valence-electron chi connectivity index (χ2n) is 5.78. The van der Waals surface area contributed by atoms with E-state index in [1.54, 1.807) is 36.4 Å². The summed E-state index contributed by atoms with van der Waals surface area (Å²) in [6.07, 6.45) is -10.0. The average molecular weight is 383 g/mol. The molecule has 27 heavy (non-hydrogen) atoms. The summed E-state index contributed by atoms with van der Waals surface area (Å²) >= 11 is 0. The van der Waals surface area contributed by atoms with E-state index >= 15 is 0 Å². The Kier molecular flexibility index (Phi) is 4.59. The van der Waals surface area contributed by atoms with Crippen molar-refractivity contribution in [2.45, 2.75) is 12.4 Å². The van der Waals surface area contributed by atoms with E-state index in [-0.39, 0.29) is 11.8 Å². The van der Waals surface area contributed by atoms with Crippen molar-refractivity contribution in [3.8, 4) is 0 Å². The maximum Gasteiger partial charge on any atom is 0.416 e. The van der Waals surface area contributed by atoms with Gasteiger partial charge in [-0.05, 0) is 29.7 Å². The van der Waals surface area contributed by atoms with Crippen LogP contribution in [0.4, 0.5) is 32.0 Å². The van der Waals surface area contributed by atoms with Crippen LogP contribution in [0, 0.1) is 0 Å². The van der Waals surface area contributed by atoms with Crippen LogP contribution in [0.5, 0.6) is 0 Å². The molecule has 3 rings (SSSR count). The molecule has 8 heteroatoms. The van der Waals surface area contributed by atoms with Crippen LogP contribution in [0.3, 0.4) is 0 Å². The Bertz CT molecular complexity index is 969. The number of amides is 1. The Morgan fingerprint density at radius 1 is 0.741 bits per heavy atom. The lowest BCUT2D eigenvalue weighted by Gasteiger charge is -2.14. The van der Waals surface area contributed by atoms with Gasteiger partial charge in [0.2, 0.25) is 0 Å². The number of rotatable bonds is 2. The Morgan fingerprint density at radius 2 is 1.30 bits per heavy atom. The maximum absolute atomic E-state index is 12.9. The molecule has 1 amide bonds. The van der Waals surface area contributed by atoms with Gasteiger partial charge in [0.15, 0.2) is 0 Å². The predicted molar refractivity (Wildman–Crippen MR) is 88.3 cm³/mol. The first-order chi connectivity index (χ1) is 12.6. The number of fused-ring (bicyclic) bond motifs is 1. The van der Waals surface area contributed by atoms with Crippen molar-refractivity contribution >= 4 is 22.4 Å². The molecule has 0 spiro atoms. The standard InChI is InChI=1S/C19H11F6NO/c20-18(21,22)13-8-12(9-14(10-13)19(23,24)25)17(27)26-16-7-3-5-11-4-1-2-6-15(11)16/h1-10H,(H,26,27). The molecular formula is C19H11F6NO. The molecule has 3 aromatic carbocycles. The number of benzene rings is 3. The van der Waals surface area contributed by atoms with Crippen LogP contribution in [0.25, 0.3) is 10.8 Å². The minimum Gasteiger partial charge on any atom is -0.321 e. The van der Waals surface area contributed by atoms with Crippen molar-refractivity contribution in [1.29, 1.82) is 0 Å². The molecule has 0 saturated heterocycles. The average Bonchev–Trinajstić information content (AvgIpc) is 2.60. The molecule has 0 heterocycles. The topological polar surface area (TPSA) is 29.1 Å². The van der Waals surface area contributed by atoms with Gasteiger partial charge in [0.1, 0.15) is 0 Å². The van der Waals surface area contributed by atoms with Crippen LogP contribution in [0.1, 0.15) is 21.5 Å². The van der Waals surface area contributed by atoms with E-state index in [0.717, 1.165) is 5.39 Å². The zero-order chi connectivity index (χ0) is 19.8. The fourth-order valence-electron chi connectivity index (χ4n) is 2.61. The third-order valence-corrected chi connectivity index (χ3v) is 3.89. The highest BCUT2D eigenvalue weighted by molar-refractivity contribution is 6.09. The molecule has 0 aliphatic carbocycles. The van der Waals surface area contributed by atoms with Gasteiger partial charge >= 0.3 is 12.4 Å². The highest BCUT2D eigenvalue weighted by atomic mass is 19.4. The zero-order valence-corrected chi connectivity index (χ0v) is 13.4. The van der Waals surface area contributed by atoms with Gasteiger partial charge in [0.25, 0.3) is 5.91 Å². The van der Waals surface area contributed by atoms with E-state index in [1.165, 1.54) is 6.07 Å². The van der Waals surface area contributed by atoms with E-state index < -0.39 is 35.0 Å². The molecule has 0 aliphatic rings. The summed E-state index contributed by atoms with van der Waals surface area (Å²) in [5.41, 5.74) is -3.53. The van der Waals surface area contributed by atoms with E-state index in [2.05, 4.69) is 5.32 Å². The van der Waals surface area contributed by atoms with Crippen LogP contribution in [0.2, 0.25) is 0 Å². The second kappa shape index (κ2) is 6.61. The fourth-order valence-corrected chi connectivity index (χ4v) is 2.61. The summed E-state index contributed by atoms with van der Waals surface area (Å²) in [4.78, 5) is 12.4. The summed E-state index contributed by atoms with van der Waals surface area (Å²) in [5, 5.41) is 3.75. The summed E-state index contributed by atoms with van der Waals surface area (Å²) in [7, 11) is 0. The number of hydrogen-bond acceptors (Lipinski definition) is 1.